The number of carbonyl (C=O) groups is 2. The van der Waals surface area contributed by atoms with Crippen LogP contribution in [0.3, 0.4) is 0 Å². The van der Waals surface area contributed by atoms with Gasteiger partial charge in [-0.05, 0) is 68.0 Å². The van der Waals surface area contributed by atoms with Crippen LogP contribution in [-0.4, -0.2) is 41.4 Å². The number of hydrogen-bond acceptors (Lipinski definition) is 3. The van der Waals surface area contributed by atoms with Gasteiger partial charge in [-0.25, -0.2) is 4.39 Å². The van der Waals surface area contributed by atoms with E-state index in [1.165, 1.54) is 12.1 Å². The predicted molar refractivity (Wildman–Crippen MR) is 121 cm³/mol. The van der Waals surface area contributed by atoms with E-state index < -0.39 is 0 Å². The van der Waals surface area contributed by atoms with Crippen molar-refractivity contribution in [1.82, 2.24) is 10.2 Å². The number of benzene rings is 2. The van der Waals surface area contributed by atoms with Gasteiger partial charge >= 0.3 is 0 Å². The molecule has 1 N–H and O–H groups in total. The summed E-state index contributed by atoms with van der Waals surface area (Å²) < 4.78 is 18.9. The minimum Gasteiger partial charge on any atom is -0.494 e. The van der Waals surface area contributed by atoms with Crippen LogP contribution in [0, 0.1) is 5.82 Å². The summed E-state index contributed by atoms with van der Waals surface area (Å²) >= 11 is 0. The molecule has 2 aliphatic heterocycles. The first-order chi connectivity index (χ1) is 15.5. The van der Waals surface area contributed by atoms with Crippen molar-refractivity contribution in [1.29, 1.82) is 0 Å². The summed E-state index contributed by atoms with van der Waals surface area (Å²) in [6.45, 7) is 2.54. The summed E-state index contributed by atoms with van der Waals surface area (Å²) in [5, 5.41) is 3.17. The topological polar surface area (TPSA) is 58.6 Å². The van der Waals surface area contributed by atoms with Gasteiger partial charge < -0.3 is 15.0 Å². The molecule has 6 heteroatoms. The highest BCUT2D eigenvalue weighted by molar-refractivity contribution is 5.81. The summed E-state index contributed by atoms with van der Waals surface area (Å²) in [6, 6.07) is 14.1. The number of carbonyl (C=O) groups excluding carboxylic acids is 2. The molecule has 2 aromatic rings. The third kappa shape index (κ3) is 5.29. The standard InChI is InChI=1S/C26H31FN2O3/c1-2-32-22-13-9-19(10-14-22)16-26(31)29-21(15-18-7-11-20(27)12-8-18)17-23-24(29)5-3-4-6-25(30)28-23/h7-14,21,23-24H,2-6,15-17H2,1H3,(H,28,30)/t21-,23+,24-/m1/s1. The minimum atomic E-state index is -0.266. The molecule has 170 valence electrons. The van der Waals surface area contributed by atoms with E-state index in [4.69, 9.17) is 4.74 Å². The van der Waals surface area contributed by atoms with Crippen molar-refractivity contribution in [2.75, 3.05) is 6.61 Å². The Balaban J connectivity index is 1.55. The average molecular weight is 439 g/mol. The Morgan fingerprint density at radius 1 is 1.09 bits per heavy atom. The van der Waals surface area contributed by atoms with Gasteiger partial charge in [-0.3, -0.25) is 9.59 Å². The number of nitrogens with one attached hydrogen (secondary N) is 1. The van der Waals surface area contributed by atoms with Crippen LogP contribution in [0.25, 0.3) is 0 Å². The molecule has 0 saturated carbocycles. The molecule has 5 nitrogen and oxygen atoms in total. The summed E-state index contributed by atoms with van der Waals surface area (Å²) in [5.41, 5.74) is 1.94. The Kier molecular flexibility index (Phi) is 7.08. The van der Waals surface area contributed by atoms with Gasteiger partial charge in [0.15, 0.2) is 0 Å². The molecular weight excluding hydrogens is 407 g/mol. The Morgan fingerprint density at radius 2 is 1.81 bits per heavy atom. The highest BCUT2D eigenvalue weighted by Crippen LogP contribution is 2.32. The van der Waals surface area contributed by atoms with Crippen LogP contribution in [0.5, 0.6) is 5.75 Å². The Morgan fingerprint density at radius 3 is 2.53 bits per heavy atom. The van der Waals surface area contributed by atoms with E-state index in [1.807, 2.05) is 36.1 Å². The zero-order chi connectivity index (χ0) is 22.5. The molecule has 0 aliphatic carbocycles. The lowest BCUT2D eigenvalue weighted by molar-refractivity contribution is -0.134. The molecule has 2 saturated heterocycles. The van der Waals surface area contributed by atoms with Gasteiger partial charge in [0.1, 0.15) is 11.6 Å². The van der Waals surface area contributed by atoms with E-state index in [-0.39, 0.29) is 35.8 Å². The van der Waals surface area contributed by atoms with Crippen molar-refractivity contribution in [2.24, 2.45) is 0 Å². The molecule has 3 atom stereocenters. The van der Waals surface area contributed by atoms with Crippen molar-refractivity contribution in [3.63, 3.8) is 0 Å². The van der Waals surface area contributed by atoms with E-state index in [1.54, 1.807) is 12.1 Å². The molecule has 2 heterocycles. The lowest BCUT2D eigenvalue weighted by Gasteiger charge is -2.33. The normalized spacial score (nSPS) is 23.1. The van der Waals surface area contributed by atoms with E-state index in [0.29, 0.717) is 25.9 Å². The molecule has 2 aromatic carbocycles. The minimum absolute atomic E-state index is 0.0000960. The Labute approximate surface area is 188 Å². The largest absolute Gasteiger partial charge is 0.494 e. The van der Waals surface area contributed by atoms with Gasteiger partial charge in [0, 0.05) is 12.5 Å². The van der Waals surface area contributed by atoms with Gasteiger partial charge in [0.05, 0.1) is 25.1 Å². The fraction of sp³-hybridized carbons (Fsp3) is 0.462. The van der Waals surface area contributed by atoms with Crippen LogP contribution in [0.2, 0.25) is 0 Å². The molecular formula is C26H31FN2O3. The van der Waals surface area contributed by atoms with Crippen molar-refractivity contribution < 1.29 is 18.7 Å². The molecule has 0 spiro atoms. The van der Waals surface area contributed by atoms with Gasteiger partial charge in [0.25, 0.3) is 0 Å². The maximum atomic E-state index is 13.5. The second-order valence-electron chi connectivity index (χ2n) is 8.76. The summed E-state index contributed by atoms with van der Waals surface area (Å²) in [4.78, 5) is 27.8. The molecule has 2 fully saturated rings. The Bertz CT molecular complexity index is 929. The number of ether oxygens (including phenoxy) is 1. The van der Waals surface area contributed by atoms with Crippen LogP contribution in [-0.2, 0) is 22.4 Å². The molecule has 0 aromatic heterocycles. The fourth-order valence-electron chi connectivity index (χ4n) is 5.04. The van der Waals surface area contributed by atoms with Gasteiger partial charge in [-0.1, -0.05) is 30.7 Å². The maximum Gasteiger partial charge on any atom is 0.227 e. The molecule has 2 aliphatic rings. The quantitative estimate of drug-likeness (QED) is 0.741. The van der Waals surface area contributed by atoms with E-state index in [0.717, 1.165) is 42.6 Å². The molecule has 4 rings (SSSR count). The van der Waals surface area contributed by atoms with Crippen molar-refractivity contribution >= 4 is 11.8 Å². The highest BCUT2D eigenvalue weighted by atomic mass is 19.1. The zero-order valence-corrected chi connectivity index (χ0v) is 18.6. The van der Waals surface area contributed by atoms with E-state index in [9.17, 15) is 14.0 Å². The number of rotatable bonds is 6. The lowest BCUT2D eigenvalue weighted by Crippen LogP contribution is -2.49. The number of likely N-dealkylation sites (tertiary alicyclic amines) is 1. The first-order valence-corrected chi connectivity index (χ1v) is 11.6. The molecule has 2 amide bonds. The van der Waals surface area contributed by atoms with Crippen molar-refractivity contribution in [3.8, 4) is 5.75 Å². The molecule has 0 bridgehead atoms. The summed E-state index contributed by atoms with van der Waals surface area (Å²) in [7, 11) is 0. The van der Waals surface area contributed by atoms with Crippen molar-refractivity contribution in [3.05, 3.63) is 65.5 Å². The first kappa shape index (κ1) is 22.3. The fourth-order valence-corrected chi connectivity index (χ4v) is 5.04. The number of hydrogen-bond donors (Lipinski definition) is 1. The van der Waals surface area contributed by atoms with E-state index >= 15 is 0 Å². The monoisotopic (exact) mass is 438 g/mol. The average Bonchev–Trinajstić information content (AvgIpc) is 3.08. The number of amides is 2. The van der Waals surface area contributed by atoms with Crippen LogP contribution in [0.4, 0.5) is 4.39 Å². The lowest BCUT2D eigenvalue weighted by atomic mass is 9.97. The number of nitrogens with zero attached hydrogens (tertiary/aromatic N) is 1. The van der Waals surface area contributed by atoms with E-state index in [2.05, 4.69) is 5.32 Å². The van der Waals surface area contributed by atoms with Crippen LogP contribution >= 0.6 is 0 Å². The Hall–Kier alpha value is -2.89. The second kappa shape index (κ2) is 10.2. The highest BCUT2D eigenvalue weighted by Gasteiger charge is 2.44. The predicted octanol–water partition coefficient (Wildman–Crippen LogP) is 4.04. The smallest absolute Gasteiger partial charge is 0.227 e. The summed E-state index contributed by atoms with van der Waals surface area (Å²) in [5.74, 6) is 0.670. The third-order valence-electron chi connectivity index (χ3n) is 6.50. The van der Waals surface area contributed by atoms with Gasteiger partial charge in [-0.15, -0.1) is 0 Å². The molecule has 0 unspecified atom stereocenters. The van der Waals surface area contributed by atoms with Gasteiger partial charge in [0.2, 0.25) is 11.8 Å². The zero-order valence-electron chi connectivity index (χ0n) is 18.6. The van der Waals surface area contributed by atoms with Crippen LogP contribution in [0.15, 0.2) is 48.5 Å². The third-order valence-corrected chi connectivity index (χ3v) is 6.50. The van der Waals surface area contributed by atoms with Gasteiger partial charge in [-0.2, -0.15) is 0 Å². The first-order valence-electron chi connectivity index (χ1n) is 11.6. The molecule has 32 heavy (non-hydrogen) atoms. The van der Waals surface area contributed by atoms with Crippen LogP contribution in [0.1, 0.15) is 50.2 Å². The summed E-state index contributed by atoms with van der Waals surface area (Å²) in [6.07, 6.45) is 4.90. The van der Waals surface area contributed by atoms with Crippen molar-refractivity contribution in [2.45, 2.75) is 70.0 Å². The SMILES string of the molecule is CCOc1ccc(CC(=O)N2[C@H](Cc3ccc(F)cc3)C[C@@H]3NC(=O)CCCC[C@H]32)cc1. The number of halogens is 1. The second-order valence-corrected chi connectivity index (χ2v) is 8.76. The number of fused-ring (bicyclic) bond motifs is 1. The molecule has 0 radical (unpaired) electrons. The van der Waals surface area contributed by atoms with Crippen LogP contribution < -0.4 is 10.1 Å². The maximum absolute atomic E-state index is 13.5.